The molecule has 0 radical (unpaired) electrons. The quantitative estimate of drug-likeness (QED) is 0.676. The van der Waals surface area contributed by atoms with Crippen molar-refractivity contribution in [3.8, 4) is 5.88 Å². The maximum absolute atomic E-state index is 12.6. The summed E-state index contributed by atoms with van der Waals surface area (Å²) in [6.45, 7) is 7.28. The van der Waals surface area contributed by atoms with Gasteiger partial charge in [0.2, 0.25) is 5.88 Å². The first-order chi connectivity index (χ1) is 15.5. The number of likely N-dealkylation sites (tertiary alicyclic amines) is 1. The third-order valence-electron chi connectivity index (χ3n) is 6.17. The van der Waals surface area contributed by atoms with E-state index in [4.69, 9.17) is 23.2 Å². The molecule has 2 amide bonds. The number of carbonyl (C=O) groups is 1. The van der Waals surface area contributed by atoms with Crippen LogP contribution in [0.15, 0.2) is 36.5 Å². The average Bonchev–Trinajstić information content (AvgIpc) is 2.79. The third-order valence-corrected chi connectivity index (χ3v) is 6.90. The maximum atomic E-state index is 12.6. The van der Waals surface area contributed by atoms with E-state index in [1.54, 1.807) is 30.5 Å². The van der Waals surface area contributed by atoms with Crippen LogP contribution in [0.2, 0.25) is 10.0 Å². The minimum atomic E-state index is -0.102. The number of benzene rings is 1. The highest BCUT2D eigenvalue weighted by Gasteiger charge is 2.26. The standard InChI is InChI=1S/C23H29Cl2N5O2/c24-20-5-4-19(12-21(20)25)27-23(32)30-10-8-28(9-11-30)15-18-2-1-7-29(16-18)14-17-3-6-22(31)26-13-17/h3-6,12-13,18H,1-2,7-11,14-16H2,(H,26,31)(H,27,32)/t18-/m0/s1. The molecule has 172 valence electrons. The number of nitrogens with one attached hydrogen (secondary N) is 1. The van der Waals surface area contributed by atoms with Crippen LogP contribution >= 0.6 is 23.2 Å². The molecule has 0 aliphatic carbocycles. The van der Waals surface area contributed by atoms with E-state index in [1.807, 2.05) is 11.0 Å². The van der Waals surface area contributed by atoms with E-state index in [0.29, 0.717) is 34.7 Å². The van der Waals surface area contributed by atoms with Gasteiger partial charge >= 0.3 is 6.03 Å². The Hall–Kier alpha value is -2.06. The second kappa shape index (κ2) is 10.7. The minimum Gasteiger partial charge on any atom is -0.493 e. The molecule has 1 aromatic carbocycles. The number of piperidine rings is 1. The van der Waals surface area contributed by atoms with Crippen molar-refractivity contribution in [1.29, 1.82) is 0 Å². The van der Waals surface area contributed by atoms with Crippen molar-refractivity contribution in [3.05, 3.63) is 52.1 Å². The predicted molar refractivity (Wildman–Crippen MR) is 127 cm³/mol. The Labute approximate surface area is 198 Å². The van der Waals surface area contributed by atoms with Gasteiger partial charge in [0.05, 0.1) is 10.0 Å². The Bertz CT molecular complexity index is 919. The second-order valence-electron chi connectivity index (χ2n) is 8.61. The van der Waals surface area contributed by atoms with Crippen molar-refractivity contribution in [2.75, 3.05) is 51.1 Å². The fraction of sp³-hybridized carbons (Fsp3) is 0.478. The lowest BCUT2D eigenvalue weighted by molar-refractivity contribution is 0.0984. The number of aromatic hydroxyl groups is 1. The first-order valence-electron chi connectivity index (χ1n) is 11.1. The highest BCUT2D eigenvalue weighted by atomic mass is 35.5. The fourth-order valence-corrected chi connectivity index (χ4v) is 4.79. The molecule has 2 aliphatic heterocycles. The molecule has 2 aliphatic rings. The number of hydrogen-bond acceptors (Lipinski definition) is 5. The molecular formula is C23H29Cl2N5O2. The molecule has 1 atom stereocenters. The largest absolute Gasteiger partial charge is 0.493 e. The van der Waals surface area contributed by atoms with Crippen molar-refractivity contribution >= 4 is 34.9 Å². The molecule has 2 aromatic rings. The zero-order valence-electron chi connectivity index (χ0n) is 18.0. The zero-order chi connectivity index (χ0) is 22.5. The van der Waals surface area contributed by atoms with Crippen LogP contribution in [-0.2, 0) is 6.54 Å². The number of urea groups is 1. The Morgan fingerprint density at radius 2 is 1.88 bits per heavy atom. The number of rotatable bonds is 5. The van der Waals surface area contributed by atoms with Gasteiger partial charge in [0, 0.05) is 63.8 Å². The van der Waals surface area contributed by atoms with Gasteiger partial charge in [-0.3, -0.25) is 9.80 Å². The van der Waals surface area contributed by atoms with Crippen LogP contribution in [-0.4, -0.2) is 76.6 Å². The van der Waals surface area contributed by atoms with E-state index < -0.39 is 0 Å². The van der Waals surface area contributed by atoms with Gasteiger partial charge in [-0.15, -0.1) is 0 Å². The lowest BCUT2D eigenvalue weighted by atomic mass is 9.96. The van der Waals surface area contributed by atoms with Gasteiger partial charge in [-0.05, 0) is 49.1 Å². The van der Waals surface area contributed by atoms with Gasteiger partial charge < -0.3 is 15.3 Å². The summed E-state index contributed by atoms with van der Waals surface area (Å²) in [4.78, 5) is 23.4. The number of pyridine rings is 1. The van der Waals surface area contributed by atoms with E-state index in [0.717, 1.165) is 44.8 Å². The number of nitrogens with zero attached hydrogens (tertiary/aromatic N) is 4. The molecule has 3 heterocycles. The minimum absolute atomic E-state index is 0.0649. The Kier molecular flexibility index (Phi) is 7.73. The summed E-state index contributed by atoms with van der Waals surface area (Å²) in [6.07, 6.45) is 4.19. The molecule has 0 unspecified atom stereocenters. The summed E-state index contributed by atoms with van der Waals surface area (Å²) in [5.41, 5.74) is 1.78. The molecule has 2 N–H and O–H groups in total. The predicted octanol–water partition coefficient (Wildman–Crippen LogP) is 4.16. The van der Waals surface area contributed by atoms with E-state index in [9.17, 15) is 9.90 Å². The number of amides is 2. The van der Waals surface area contributed by atoms with E-state index >= 15 is 0 Å². The summed E-state index contributed by atoms with van der Waals surface area (Å²) >= 11 is 12.0. The van der Waals surface area contributed by atoms with Gasteiger partial charge in [-0.1, -0.05) is 29.3 Å². The molecule has 4 rings (SSSR count). The summed E-state index contributed by atoms with van der Waals surface area (Å²) < 4.78 is 0. The normalized spacial score (nSPS) is 20.3. The summed E-state index contributed by atoms with van der Waals surface area (Å²) in [5.74, 6) is 0.695. The van der Waals surface area contributed by atoms with Crippen molar-refractivity contribution < 1.29 is 9.90 Å². The van der Waals surface area contributed by atoms with Crippen LogP contribution in [0.4, 0.5) is 10.5 Å². The highest BCUT2D eigenvalue weighted by molar-refractivity contribution is 6.42. The average molecular weight is 478 g/mol. The Morgan fingerprint density at radius 1 is 1.06 bits per heavy atom. The van der Waals surface area contributed by atoms with Crippen LogP contribution in [0.25, 0.3) is 0 Å². The van der Waals surface area contributed by atoms with E-state index in [2.05, 4.69) is 20.1 Å². The summed E-state index contributed by atoms with van der Waals surface area (Å²) in [7, 11) is 0. The van der Waals surface area contributed by atoms with Gasteiger partial charge in [0.15, 0.2) is 0 Å². The van der Waals surface area contributed by atoms with E-state index in [-0.39, 0.29) is 11.9 Å². The molecule has 0 spiro atoms. The maximum Gasteiger partial charge on any atom is 0.321 e. The van der Waals surface area contributed by atoms with Crippen LogP contribution in [0.5, 0.6) is 5.88 Å². The summed E-state index contributed by atoms with van der Waals surface area (Å²) in [6, 6.07) is 8.59. The van der Waals surface area contributed by atoms with Crippen molar-refractivity contribution in [3.63, 3.8) is 0 Å². The molecular weight excluding hydrogens is 449 g/mol. The molecule has 2 saturated heterocycles. The van der Waals surface area contributed by atoms with Gasteiger partial charge in [-0.2, -0.15) is 0 Å². The highest BCUT2D eigenvalue weighted by Crippen LogP contribution is 2.25. The first-order valence-corrected chi connectivity index (χ1v) is 11.8. The van der Waals surface area contributed by atoms with E-state index in [1.165, 1.54) is 12.8 Å². The van der Waals surface area contributed by atoms with Crippen LogP contribution in [0.3, 0.4) is 0 Å². The lowest BCUT2D eigenvalue weighted by Gasteiger charge is -2.39. The monoisotopic (exact) mass is 477 g/mol. The first kappa shape index (κ1) is 23.1. The van der Waals surface area contributed by atoms with Crippen LogP contribution < -0.4 is 5.32 Å². The smallest absolute Gasteiger partial charge is 0.321 e. The summed E-state index contributed by atoms with van der Waals surface area (Å²) in [5, 5.41) is 13.2. The molecule has 9 heteroatoms. The van der Waals surface area contributed by atoms with Crippen molar-refractivity contribution in [2.24, 2.45) is 5.92 Å². The molecule has 0 saturated carbocycles. The zero-order valence-corrected chi connectivity index (χ0v) is 19.5. The lowest BCUT2D eigenvalue weighted by Crippen LogP contribution is -2.52. The Balaban J connectivity index is 1.21. The topological polar surface area (TPSA) is 71.9 Å². The van der Waals surface area contributed by atoms with Crippen molar-refractivity contribution in [2.45, 2.75) is 19.4 Å². The molecule has 32 heavy (non-hydrogen) atoms. The fourth-order valence-electron chi connectivity index (χ4n) is 4.49. The number of aromatic nitrogens is 1. The number of piperazine rings is 1. The van der Waals surface area contributed by atoms with Crippen LogP contribution in [0.1, 0.15) is 18.4 Å². The molecule has 1 aromatic heterocycles. The van der Waals surface area contributed by atoms with Crippen molar-refractivity contribution in [1.82, 2.24) is 19.7 Å². The molecule has 0 bridgehead atoms. The molecule has 2 fully saturated rings. The van der Waals surface area contributed by atoms with Gasteiger partial charge in [0.25, 0.3) is 0 Å². The van der Waals surface area contributed by atoms with Gasteiger partial charge in [-0.25, -0.2) is 9.78 Å². The Morgan fingerprint density at radius 3 is 2.59 bits per heavy atom. The molecule has 7 nitrogen and oxygen atoms in total. The van der Waals surface area contributed by atoms with Crippen LogP contribution in [0, 0.1) is 5.92 Å². The second-order valence-corrected chi connectivity index (χ2v) is 9.43. The number of halogens is 2. The number of hydrogen-bond donors (Lipinski definition) is 2. The number of carbonyl (C=O) groups excluding carboxylic acids is 1. The van der Waals surface area contributed by atoms with Gasteiger partial charge in [0.1, 0.15) is 0 Å². The third kappa shape index (κ3) is 6.25. The SMILES string of the molecule is O=C(Nc1ccc(Cl)c(Cl)c1)N1CCN(C[C@@H]2CCCN(Cc3ccc(O)nc3)C2)CC1. The number of anilines is 1.